The van der Waals surface area contributed by atoms with Gasteiger partial charge in [0.05, 0.1) is 22.6 Å². The molecule has 0 aromatic heterocycles. The second-order valence-corrected chi connectivity index (χ2v) is 7.43. The number of carbonyl (C=O) groups excluding carboxylic acids is 1. The monoisotopic (exact) mass is 389 g/mol. The van der Waals surface area contributed by atoms with Crippen LogP contribution in [0.5, 0.6) is 0 Å². The van der Waals surface area contributed by atoms with E-state index < -0.39 is 50.6 Å². The van der Waals surface area contributed by atoms with Crippen molar-refractivity contribution in [2.75, 3.05) is 28.0 Å². The zero-order valence-corrected chi connectivity index (χ0v) is 14.2. The summed E-state index contributed by atoms with van der Waals surface area (Å²) < 4.78 is 79.9. The summed E-state index contributed by atoms with van der Waals surface area (Å²) in [4.78, 5) is 12.1. The quantitative estimate of drug-likeness (QED) is 0.634. The van der Waals surface area contributed by atoms with Crippen LogP contribution in [0.4, 0.5) is 34.6 Å². The topological polar surface area (TPSA) is 69.7 Å². The van der Waals surface area contributed by atoms with Crippen molar-refractivity contribution in [3.8, 4) is 0 Å². The minimum Gasteiger partial charge on any atom is -0.319 e. The Morgan fingerprint density at radius 1 is 0.923 bits per heavy atom. The van der Waals surface area contributed by atoms with Gasteiger partial charge in [0, 0.05) is 20.2 Å². The van der Waals surface area contributed by atoms with Crippen molar-refractivity contribution in [3.63, 3.8) is 0 Å². The molecule has 1 aliphatic heterocycles. The number of carbonyl (C=O) groups is 1. The van der Waals surface area contributed by atoms with Crippen LogP contribution < -0.4 is 13.9 Å². The molecule has 3 rings (SSSR count). The minimum atomic E-state index is -3.86. The summed E-state index contributed by atoms with van der Waals surface area (Å²) in [5, 5.41) is 2.02. The van der Waals surface area contributed by atoms with Gasteiger partial charge >= 0.3 is 10.2 Å². The highest BCUT2D eigenvalue weighted by Gasteiger charge is 2.36. The van der Waals surface area contributed by atoms with Crippen LogP contribution >= 0.6 is 0 Å². The SMILES string of the molecule is CN1c2cc(F)c(NC(=O)c3ccc(F)c(F)c3F)cc2N(C)S1(=O)=O. The van der Waals surface area contributed by atoms with E-state index in [1.807, 2.05) is 5.32 Å². The highest BCUT2D eigenvalue weighted by Crippen LogP contribution is 2.41. The van der Waals surface area contributed by atoms with Gasteiger partial charge in [0.2, 0.25) is 0 Å². The second kappa shape index (κ2) is 5.87. The molecule has 11 heteroatoms. The van der Waals surface area contributed by atoms with Crippen molar-refractivity contribution in [1.82, 2.24) is 0 Å². The van der Waals surface area contributed by atoms with Gasteiger partial charge in [0.15, 0.2) is 17.5 Å². The molecule has 1 aliphatic rings. The molecule has 0 spiro atoms. The highest BCUT2D eigenvalue weighted by atomic mass is 32.2. The molecule has 26 heavy (non-hydrogen) atoms. The maximum Gasteiger partial charge on any atom is 0.326 e. The lowest BCUT2D eigenvalue weighted by atomic mass is 10.1. The normalized spacial score (nSPS) is 15.2. The van der Waals surface area contributed by atoms with Gasteiger partial charge in [0.25, 0.3) is 5.91 Å². The number of nitrogens with one attached hydrogen (secondary N) is 1. The van der Waals surface area contributed by atoms with Gasteiger partial charge < -0.3 is 5.32 Å². The van der Waals surface area contributed by atoms with Crippen molar-refractivity contribution in [2.24, 2.45) is 0 Å². The molecule has 0 atom stereocenters. The van der Waals surface area contributed by atoms with E-state index >= 15 is 0 Å². The number of hydrogen-bond donors (Lipinski definition) is 1. The summed E-state index contributed by atoms with van der Waals surface area (Å²) in [7, 11) is -1.40. The molecule has 0 fully saturated rings. The molecule has 0 radical (unpaired) electrons. The molecule has 0 unspecified atom stereocenters. The average Bonchev–Trinajstić information content (AvgIpc) is 2.74. The lowest BCUT2D eigenvalue weighted by Gasteiger charge is -2.13. The largest absolute Gasteiger partial charge is 0.326 e. The predicted molar refractivity (Wildman–Crippen MR) is 86.4 cm³/mol. The zero-order valence-electron chi connectivity index (χ0n) is 13.3. The van der Waals surface area contributed by atoms with Crippen LogP contribution in [0, 0.1) is 23.3 Å². The van der Waals surface area contributed by atoms with Crippen molar-refractivity contribution in [3.05, 3.63) is 53.1 Å². The first-order valence-electron chi connectivity index (χ1n) is 7.07. The summed E-state index contributed by atoms with van der Waals surface area (Å²) in [6, 6.07) is 3.19. The Morgan fingerprint density at radius 3 is 2.12 bits per heavy atom. The molecule has 2 aromatic rings. The Labute approximate surface area is 145 Å². The summed E-state index contributed by atoms with van der Waals surface area (Å²) in [5.74, 6) is -7.24. The fourth-order valence-corrected chi connectivity index (χ4v) is 3.63. The molecular formula is C15H11F4N3O3S. The third-order valence-electron chi connectivity index (χ3n) is 3.96. The molecule has 0 saturated carbocycles. The molecule has 0 aliphatic carbocycles. The van der Waals surface area contributed by atoms with Crippen molar-refractivity contribution in [1.29, 1.82) is 0 Å². The van der Waals surface area contributed by atoms with Crippen LogP contribution in [-0.4, -0.2) is 28.4 Å². The maximum absolute atomic E-state index is 14.2. The number of nitrogens with zero attached hydrogens (tertiary/aromatic N) is 2. The first-order valence-corrected chi connectivity index (χ1v) is 8.46. The van der Waals surface area contributed by atoms with Crippen molar-refractivity contribution in [2.45, 2.75) is 0 Å². The lowest BCUT2D eigenvalue weighted by molar-refractivity contribution is 0.102. The fraction of sp³-hybridized carbons (Fsp3) is 0.133. The Kier molecular flexibility index (Phi) is 4.06. The van der Waals surface area contributed by atoms with Gasteiger partial charge in [-0.3, -0.25) is 13.4 Å². The van der Waals surface area contributed by atoms with E-state index in [1.165, 1.54) is 14.1 Å². The van der Waals surface area contributed by atoms with Gasteiger partial charge in [-0.25, -0.2) is 17.6 Å². The first-order chi connectivity index (χ1) is 12.1. The Balaban J connectivity index is 1.99. The molecule has 2 aromatic carbocycles. The average molecular weight is 389 g/mol. The summed E-state index contributed by atoms with van der Waals surface area (Å²) >= 11 is 0. The smallest absolute Gasteiger partial charge is 0.319 e. The first kappa shape index (κ1) is 18.0. The summed E-state index contributed by atoms with van der Waals surface area (Å²) in [6.45, 7) is 0. The van der Waals surface area contributed by atoms with Crippen molar-refractivity contribution < 1.29 is 30.8 Å². The van der Waals surface area contributed by atoms with E-state index in [9.17, 15) is 30.8 Å². The van der Waals surface area contributed by atoms with E-state index in [2.05, 4.69) is 0 Å². The van der Waals surface area contributed by atoms with E-state index in [0.717, 1.165) is 20.7 Å². The highest BCUT2D eigenvalue weighted by molar-refractivity contribution is 7.94. The molecule has 1 amide bonds. The Morgan fingerprint density at radius 2 is 1.50 bits per heavy atom. The molecule has 6 nitrogen and oxygen atoms in total. The second-order valence-electron chi connectivity index (χ2n) is 5.44. The van der Waals surface area contributed by atoms with Gasteiger partial charge in [0.1, 0.15) is 5.82 Å². The number of benzene rings is 2. The van der Waals surface area contributed by atoms with E-state index in [4.69, 9.17) is 0 Å². The van der Waals surface area contributed by atoms with E-state index in [0.29, 0.717) is 12.1 Å². The van der Waals surface area contributed by atoms with E-state index in [-0.39, 0.29) is 11.4 Å². The third kappa shape index (κ3) is 2.55. The number of halogens is 4. The number of hydrogen-bond acceptors (Lipinski definition) is 3. The molecule has 0 saturated heterocycles. The fourth-order valence-electron chi connectivity index (χ4n) is 2.47. The van der Waals surface area contributed by atoms with Crippen LogP contribution in [0.15, 0.2) is 24.3 Å². The zero-order chi connectivity index (χ0) is 19.4. The van der Waals surface area contributed by atoms with Crippen LogP contribution in [0.2, 0.25) is 0 Å². The maximum atomic E-state index is 14.2. The number of fused-ring (bicyclic) bond motifs is 1. The summed E-state index contributed by atoms with van der Waals surface area (Å²) in [6.07, 6.45) is 0. The standard InChI is InChI=1S/C15H11F4N3O3S/c1-21-11-5-9(17)10(6-12(11)22(2)26(21,24)25)20-15(23)7-3-4-8(16)14(19)13(7)18/h3-6H,1-2H3,(H,20,23). The minimum absolute atomic E-state index is 0.0435. The number of anilines is 3. The molecular weight excluding hydrogens is 378 g/mol. The van der Waals surface area contributed by atoms with Crippen LogP contribution in [0.25, 0.3) is 0 Å². The van der Waals surface area contributed by atoms with Gasteiger partial charge in [-0.05, 0) is 18.2 Å². The molecule has 1 heterocycles. The summed E-state index contributed by atoms with van der Waals surface area (Å²) in [5.41, 5.74) is -1.16. The van der Waals surface area contributed by atoms with Crippen LogP contribution in [0.3, 0.4) is 0 Å². The Bertz CT molecular complexity index is 1040. The van der Waals surface area contributed by atoms with Crippen LogP contribution in [-0.2, 0) is 10.2 Å². The Hall–Kier alpha value is -2.82. The third-order valence-corrected chi connectivity index (χ3v) is 5.74. The molecule has 138 valence electrons. The number of rotatable bonds is 2. The van der Waals surface area contributed by atoms with Gasteiger partial charge in [-0.15, -0.1) is 0 Å². The van der Waals surface area contributed by atoms with Crippen molar-refractivity contribution >= 4 is 33.2 Å². The lowest BCUT2D eigenvalue weighted by Crippen LogP contribution is -2.32. The molecule has 0 bridgehead atoms. The number of amides is 1. The van der Waals surface area contributed by atoms with Gasteiger partial charge in [-0.2, -0.15) is 8.42 Å². The van der Waals surface area contributed by atoms with Gasteiger partial charge in [-0.1, -0.05) is 0 Å². The van der Waals surface area contributed by atoms with E-state index in [1.54, 1.807) is 0 Å². The molecule has 1 N–H and O–H groups in total. The van der Waals surface area contributed by atoms with Crippen LogP contribution in [0.1, 0.15) is 10.4 Å². The predicted octanol–water partition coefficient (Wildman–Crippen LogP) is 2.63.